The lowest BCUT2D eigenvalue weighted by atomic mass is 9.78. The summed E-state index contributed by atoms with van der Waals surface area (Å²) in [5, 5.41) is 0. The molecule has 0 radical (unpaired) electrons. The standard InChI is InChI=1S/C25H36N2O5/c1-17(2)14-23(28)26-10-6-18(7-11-26)19-8-12-27(13-9-19)25(29)20-15-21(30-3)24(32-5)22(16-20)31-4/h14-16,18-19H,6-13H2,1-5H3. The summed E-state index contributed by atoms with van der Waals surface area (Å²) in [6.45, 7) is 7.07. The van der Waals surface area contributed by atoms with E-state index in [0.29, 0.717) is 34.6 Å². The maximum Gasteiger partial charge on any atom is 0.254 e. The summed E-state index contributed by atoms with van der Waals surface area (Å²) in [6, 6.07) is 3.43. The van der Waals surface area contributed by atoms with Crippen LogP contribution >= 0.6 is 0 Å². The first kappa shape index (κ1) is 24.0. The molecular formula is C25H36N2O5. The summed E-state index contributed by atoms with van der Waals surface area (Å²) in [5.41, 5.74) is 1.59. The van der Waals surface area contributed by atoms with Crippen LogP contribution in [-0.2, 0) is 4.79 Å². The van der Waals surface area contributed by atoms with Crippen molar-refractivity contribution in [1.82, 2.24) is 9.80 Å². The zero-order valence-corrected chi connectivity index (χ0v) is 20.0. The van der Waals surface area contributed by atoms with Gasteiger partial charge in [-0.1, -0.05) is 5.57 Å². The molecule has 0 aliphatic carbocycles. The largest absolute Gasteiger partial charge is 0.493 e. The van der Waals surface area contributed by atoms with Crippen LogP contribution in [0.3, 0.4) is 0 Å². The predicted octanol–water partition coefficient (Wildman–Crippen LogP) is 3.77. The Kier molecular flexibility index (Phi) is 8.04. The Morgan fingerprint density at radius 1 is 0.812 bits per heavy atom. The lowest BCUT2D eigenvalue weighted by Crippen LogP contribution is -2.43. The Morgan fingerprint density at radius 3 is 1.69 bits per heavy atom. The fraction of sp³-hybridized carbons (Fsp3) is 0.600. The number of amides is 2. The molecule has 1 aromatic rings. The highest BCUT2D eigenvalue weighted by atomic mass is 16.5. The minimum Gasteiger partial charge on any atom is -0.493 e. The lowest BCUT2D eigenvalue weighted by molar-refractivity contribution is -0.127. The van der Waals surface area contributed by atoms with Crippen LogP contribution in [0.25, 0.3) is 0 Å². The summed E-state index contributed by atoms with van der Waals surface area (Å²) >= 11 is 0. The minimum absolute atomic E-state index is 0.00941. The molecule has 0 saturated carbocycles. The highest BCUT2D eigenvalue weighted by molar-refractivity contribution is 5.95. The second-order valence-electron chi connectivity index (χ2n) is 8.93. The first-order valence-corrected chi connectivity index (χ1v) is 11.4. The lowest BCUT2D eigenvalue weighted by Gasteiger charge is -2.40. The minimum atomic E-state index is -0.00941. The molecule has 7 heteroatoms. The number of hydrogen-bond donors (Lipinski definition) is 0. The fourth-order valence-corrected chi connectivity index (χ4v) is 4.89. The topological polar surface area (TPSA) is 68.3 Å². The van der Waals surface area contributed by atoms with Gasteiger partial charge in [-0.15, -0.1) is 0 Å². The third kappa shape index (κ3) is 5.37. The molecule has 32 heavy (non-hydrogen) atoms. The summed E-state index contributed by atoms with van der Waals surface area (Å²) in [7, 11) is 4.65. The van der Waals surface area contributed by atoms with Gasteiger partial charge < -0.3 is 24.0 Å². The third-order valence-electron chi connectivity index (χ3n) is 6.67. The van der Waals surface area contributed by atoms with E-state index in [9.17, 15) is 9.59 Å². The summed E-state index contributed by atoms with van der Waals surface area (Å²) < 4.78 is 16.1. The van der Waals surface area contributed by atoms with Gasteiger partial charge in [0.05, 0.1) is 21.3 Å². The Labute approximate surface area is 191 Å². The van der Waals surface area contributed by atoms with Crippen molar-refractivity contribution in [3.05, 3.63) is 29.3 Å². The molecule has 2 aliphatic rings. The van der Waals surface area contributed by atoms with Gasteiger partial charge in [0.15, 0.2) is 11.5 Å². The molecule has 0 atom stereocenters. The summed E-state index contributed by atoms with van der Waals surface area (Å²) in [5.74, 6) is 2.82. The van der Waals surface area contributed by atoms with E-state index in [2.05, 4.69) is 0 Å². The van der Waals surface area contributed by atoms with Gasteiger partial charge in [0.1, 0.15) is 0 Å². The van der Waals surface area contributed by atoms with Gasteiger partial charge in [-0.3, -0.25) is 9.59 Å². The van der Waals surface area contributed by atoms with Crippen molar-refractivity contribution < 1.29 is 23.8 Å². The molecule has 2 fully saturated rings. The van der Waals surface area contributed by atoms with Crippen LogP contribution in [0.1, 0.15) is 49.9 Å². The van der Waals surface area contributed by atoms with E-state index < -0.39 is 0 Å². The number of allylic oxidation sites excluding steroid dienone is 1. The molecular weight excluding hydrogens is 408 g/mol. The van der Waals surface area contributed by atoms with Crippen LogP contribution in [0.5, 0.6) is 17.2 Å². The first-order valence-electron chi connectivity index (χ1n) is 11.4. The van der Waals surface area contributed by atoms with Crippen molar-refractivity contribution in [2.24, 2.45) is 11.8 Å². The Balaban J connectivity index is 1.57. The fourth-order valence-electron chi connectivity index (χ4n) is 4.89. The number of piperidine rings is 2. The van der Waals surface area contributed by atoms with Crippen LogP contribution < -0.4 is 14.2 Å². The van der Waals surface area contributed by atoms with Gasteiger partial charge in [-0.05, 0) is 63.5 Å². The molecule has 176 valence electrons. The van der Waals surface area contributed by atoms with Gasteiger partial charge in [0, 0.05) is 37.8 Å². The molecule has 2 saturated heterocycles. The van der Waals surface area contributed by atoms with E-state index in [-0.39, 0.29) is 11.8 Å². The number of nitrogens with zero attached hydrogens (tertiary/aromatic N) is 2. The molecule has 0 aromatic heterocycles. The zero-order valence-electron chi connectivity index (χ0n) is 20.0. The quantitative estimate of drug-likeness (QED) is 0.625. The number of rotatable bonds is 6. The van der Waals surface area contributed by atoms with Gasteiger partial charge >= 0.3 is 0 Å². The van der Waals surface area contributed by atoms with Crippen molar-refractivity contribution in [3.63, 3.8) is 0 Å². The maximum atomic E-state index is 13.1. The van der Waals surface area contributed by atoms with Crippen LogP contribution in [0, 0.1) is 11.8 Å². The first-order chi connectivity index (χ1) is 15.4. The van der Waals surface area contributed by atoms with Gasteiger partial charge in [-0.2, -0.15) is 0 Å². The predicted molar refractivity (Wildman–Crippen MR) is 123 cm³/mol. The second-order valence-corrected chi connectivity index (χ2v) is 8.93. The molecule has 0 unspecified atom stereocenters. The summed E-state index contributed by atoms with van der Waals surface area (Å²) in [4.78, 5) is 29.3. The van der Waals surface area contributed by atoms with Crippen molar-refractivity contribution in [3.8, 4) is 17.2 Å². The molecule has 0 bridgehead atoms. The molecule has 0 spiro atoms. The SMILES string of the molecule is COc1cc(C(=O)N2CCC(C3CCN(C(=O)C=C(C)C)CC3)CC2)cc(OC)c1OC. The average molecular weight is 445 g/mol. The van der Waals surface area contributed by atoms with Crippen LogP contribution in [0.15, 0.2) is 23.8 Å². The van der Waals surface area contributed by atoms with Crippen molar-refractivity contribution in [2.75, 3.05) is 47.5 Å². The van der Waals surface area contributed by atoms with Crippen molar-refractivity contribution >= 4 is 11.8 Å². The Hall–Kier alpha value is -2.70. The maximum absolute atomic E-state index is 13.1. The van der Waals surface area contributed by atoms with Crippen molar-refractivity contribution in [2.45, 2.75) is 39.5 Å². The van der Waals surface area contributed by atoms with E-state index in [4.69, 9.17) is 14.2 Å². The summed E-state index contributed by atoms with van der Waals surface area (Å²) in [6.07, 6.45) is 5.83. The number of benzene rings is 1. The van der Waals surface area contributed by atoms with E-state index in [1.165, 1.54) is 0 Å². The monoisotopic (exact) mass is 444 g/mol. The van der Waals surface area contributed by atoms with E-state index >= 15 is 0 Å². The second kappa shape index (κ2) is 10.7. The number of carbonyl (C=O) groups excluding carboxylic acids is 2. The Morgan fingerprint density at radius 2 is 1.28 bits per heavy atom. The van der Waals surface area contributed by atoms with Gasteiger partial charge in [0.2, 0.25) is 11.7 Å². The molecule has 1 aromatic carbocycles. The normalized spacial score (nSPS) is 17.7. The number of likely N-dealkylation sites (tertiary alicyclic amines) is 2. The molecule has 2 heterocycles. The third-order valence-corrected chi connectivity index (χ3v) is 6.67. The number of carbonyl (C=O) groups is 2. The molecule has 7 nitrogen and oxygen atoms in total. The smallest absolute Gasteiger partial charge is 0.254 e. The number of methoxy groups -OCH3 is 3. The van der Waals surface area contributed by atoms with Gasteiger partial charge in [-0.25, -0.2) is 0 Å². The number of ether oxygens (including phenoxy) is 3. The van der Waals surface area contributed by atoms with Crippen molar-refractivity contribution in [1.29, 1.82) is 0 Å². The van der Waals surface area contributed by atoms with E-state index in [1.807, 2.05) is 23.6 Å². The van der Waals surface area contributed by atoms with Crippen LogP contribution in [0.4, 0.5) is 0 Å². The van der Waals surface area contributed by atoms with Crippen LogP contribution in [-0.4, -0.2) is 69.1 Å². The van der Waals surface area contributed by atoms with Crippen LogP contribution in [0.2, 0.25) is 0 Å². The van der Waals surface area contributed by atoms with E-state index in [1.54, 1.807) is 39.5 Å². The van der Waals surface area contributed by atoms with E-state index in [0.717, 1.165) is 57.4 Å². The molecule has 2 aliphatic heterocycles. The van der Waals surface area contributed by atoms with Gasteiger partial charge in [0.25, 0.3) is 5.91 Å². The highest BCUT2D eigenvalue weighted by Crippen LogP contribution is 2.39. The Bertz CT molecular complexity index is 821. The number of hydrogen-bond acceptors (Lipinski definition) is 5. The average Bonchev–Trinajstić information content (AvgIpc) is 2.82. The zero-order chi connectivity index (χ0) is 23.3. The molecule has 3 rings (SSSR count). The molecule has 0 N–H and O–H groups in total. The molecule has 2 amide bonds. The highest BCUT2D eigenvalue weighted by Gasteiger charge is 2.32.